The van der Waals surface area contributed by atoms with Crippen LogP contribution in [0.25, 0.3) is 0 Å². The fourth-order valence-corrected chi connectivity index (χ4v) is 2.27. The Bertz CT molecular complexity index is 197. The van der Waals surface area contributed by atoms with E-state index in [2.05, 4.69) is 18.5 Å². The van der Waals surface area contributed by atoms with E-state index in [0.717, 1.165) is 11.6 Å². The minimum absolute atomic E-state index is 0.492. The number of nitrogens with zero attached hydrogens (tertiary/aromatic N) is 1. The first-order chi connectivity index (χ1) is 6.74. The summed E-state index contributed by atoms with van der Waals surface area (Å²) < 4.78 is 0. The highest BCUT2D eigenvalue weighted by Crippen LogP contribution is 2.26. The molecule has 80 valence electrons. The maximum absolute atomic E-state index is 4.66. The summed E-state index contributed by atoms with van der Waals surface area (Å²) in [5, 5.41) is 0. The molecule has 1 atom stereocenters. The zero-order valence-electron chi connectivity index (χ0n) is 9.63. The number of hydrogen-bond donors (Lipinski definition) is 0. The van der Waals surface area contributed by atoms with Gasteiger partial charge in [0, 0.05) is 5.71 Å². The van der Waals surface area contributed by atoms with E-state index < -0.39 is 0 Å². The normalized spacial score (nSPS) is 22.9. The van der Waals surface area contributed by atoms with E-state index in [1.54, 1.807) is 0 Å². The first-order valence-corrected chi connectivity index (χ1v) is 5.91. The lowest BCUT2D eigenvalue weighted by Gasteiger charge is -2.19. The minimum Gasteiger partial charge on any atom is -0.287 e. The SMILES string of the molecule is C=C/C(C)=N\C(C)C1CCCCCC1. The molecule has 1 unspecified atom stereocenters. The molecule has 0 radical (unpaired) electrons. The van der Waals surface area contributed by atoms with Gasteiger partial charge in [0.05, 0.1) is 6.04 Å². The van der Waals surface area contributed by atoms with Gasteiger partial charge in [0.1, 0.15) is 0 Å². The molecule has 0 spiro atoms. The topological polar surface area (TPSA) is 12.4 Å². The van der Waals surface area contributed by atoms with Crippen LogP contribution in [0.5, 0.6) is 0 Å². The van der Waals surface area contributed by atoms with Crippen LogP contribution in [0.1, 0.15) is 52.4 Å². The number of allylic oxidation sites excluding steroid dienone is 1. The quantitative estimate of drug-likeness (QED) is 0.474. The van der Waals surface area contributed by atoms with Gasteiger partial charge in [-0.3, -0.25) is 4.99 Å². The van der Waals surface area contributed by atoms with E-state index in [1.165, 1.54) is 38.5 Å². The third kappa shape index (κ3) is 3.65. The summed E-state index contributed by atoms with van der Waals surface area (Å²) in [6.45, 7) is 8.04. The highest BCUT2D eigenvalue weighted by atomic mass is 14.8. The summed E-state index contributed by atoms with van der Waals surface area (Å²) in [6, 6.07) is 0.492. The van der Waals surface area contributed by atoms with E-state index in [9.17, 15) is 0 Å². The van der Waals surface area contributed by atoms with Gasteiger partial charge in [-0.25, -0.2) is 0 Å². The first kappa shape index (κ1) is 11.5. The van der Waals surface area contributed by atoms with Crippen LogP contribution in [0.3, 0.4) is 0 Å². The summed E-state index contributed by atoms with van der Waals surface area (Å²) >= 11 is 0. The Morgan fingerprint density at radius 1 is 1.29 bits per heavy atom. The molecule has 1 heteroatoms. The fraction of sp³-hybridized carbons (Fsp3) is 0.769. The van der Waals surface area contributed by atoms with Crippen LogP contribution >= 0.6 is 0 Å². The molecule has 0 N–H and O–H groups in total. The van der Waals surface area contributed by atoms with Crippen LogP contribution in [-0.2, 0) is 0 Å². The standard InChI is InChI=1S/C13H23N/c1-4-11(2)14-12(3)13-9-7-5-6-8-10-13/h4,12-13H,1,5-10H2,2-3H3/b14-11-. The molecule has 1 aliphatic rings. The maximum Gasteiger partial charge on any atom is 0.0502 e. The van der Waals surface area contributed by atoms with Crippen LogP contribution in [0.15, 0.2) is 17.6 Å². The second kappa shape index (κ2) is 6.00. The molecule has 1 nitrogen and oxygen atoms in total. The minimum atomic E-state index is 0.492. The summed E-state index contributed by atoms with van der Waals surface area (Å²) in [7, 11) is 0. The molecule has 1 fully saturated rings. The van der Waals surface area contributed by atoms with E-state index in [4.69, 9.17) is 0 Å². The Balaban J connectivity index is 2.49. The van der Waals surface area contributed by atoms with Crippen LogP contribution in [0.2, 0.25) is 0 Å². The third-order valence-electron chi connectivity index (χ3n) is 3.28. The van der Waals surface area contributed by atoms with Gasteiger partial charge in [0.25, 0.3) is 0 Å². The Kier molecular flexibility index (Phi) is 4.92. The molecule has 0 aromatic rings. The van der Waals surface area contributed by atoms with Gasteiger partial charge in [0.15, 0.2) is 0 Å². The van der Waals surface area contributed by atoms with Crippen molar-refractivity contribution >= 4 is 5.71 Å². The highest BCUT2D eigenvalue weighted by Gasteiger charge is 2.17. The molecular formula is C13H23N. The molecule has 1 aliphatic carbocycles. The molecule has 0 aliphatic heterocycles. The van der Waals surface area contributed by atoms with Gasteiger partial charge in [-0.2, -0.15) is 0 Å². The average molecular weight is 193 g/mol. The van der Waals surface area contributed by atoms with Crippen molar-refractivity contribution in [1.29, 1.82) is 0 Å². The second-order valence-corrected chi connectivity index (χ2v) is 4.47. The van der Waals surface area contributed by atoms with Gasteiger partial charge in [-0.1, -0.05) is 32.3 Å². The van der Waals surface area contributed by atoms with E-state index in [-0.39, 0.29) is 0 Å². The molecule has 0 aromatic carbocycles. The molecule has 0 saturated heterocycles. The van der Waals surface area contributed by atoms with Crippen LogP contribution in [0, 0.1) is 5.92 Å². The predicted octanol–water partition coefficient (Wildman–Crippen LogP) is 3.99. The summed E-state index contributed by atoms with van der Waals surface area (Å²) in [5.74, 6) is 0.812. The van der Waals surface area contributed by atoms with Gasteiger partial charge in [-0.15, -0.1) is 0 Å². The monoisotopic (exact) mass is 193 g/mol. The van der Waals surface area contributed by atoms with E-state index in [1.807, 2.05) is 13.0 Å². The largest absolute Gasteiger partial charge is 0.287 e. The zero-order chi connectivity index (χ0) is 10.4. The summed E-state index contributed by atoms with van der Waals surface area (Å²) in [6.07, 6.45) is 10.2. The second-order valence-electron chi connectivity index (χ2n) is 4.47. The van der Waals surface area contributed by atoms with Gasteiger partial charge in [-0.05, 0) is 38.7 Å². The molecule has 0 heterocycles. The van der Waals surface area contributed by atoms with Crippen LogP contribution in [0.4, 0.5) is 0 Å². The average Bonchev–Trinajstić information content (AvgIpc) is 2.45. The van der Waals surface area contributed by atoms with Crippen molar-refractivity contribution in [3.8, 4) is 0 Å². The zero-order valence-corrected chi connectivity index (χ0v) is 9.63. The lowest BCUT2D eigenvalue weighted by molar-refractivity contribution is 0.395. The fourth-order valence-electron chi connectivity index (χ4n) is 2.27. The highest BCUT2D eigenvalue weighted by molar-refractivity contribution is 5.92. The third-order valence-corrected chi connectivity index (χ3v) is 3.28. The molecule has 14 heavy (non-hydrogen) atoms. The molecule has 0 aromatic heterocycles. The van der Waals surface area contributed by atoms with Crippen LogP contribution in [-0.4, -0.2) is 11.8 Å². The van der Waals surface area contributed by atoms with Crippen molar-refractivity contribution in [2.45, 2.75) is 58.4 Å². The van der Waals surface area contributed by atoms with Crippen molar-refractivity contribution in [3.05, 3.63) is 12.7 Å². The van der Waals surface area contributed by atoms with Gasteiger partial charge < -0.3 is 0 Å². The van der Waals surface area contributed by atoms with Gasteiger partial charge >= 0.3 is 0 Å². The smallest absolute Gasteiger partial charge is 0.0502 e. The summed E-state index contributed by atoms with van der Waals surface area (Å²) in [4.78, 5) is 4.66. The lowest BCUT2D eigenvalue weighted by atomic mass is 9.93. The molecule has 1 rings (SSSR count). The Hall–Kier alpha value is -0.590. The Labute approximate surface area is 88.3 Å². The predicted molar refractivity (Wildman–Crippen MR) is 64.0 cm³/mol. The van der Waals surface area contributed by atoms with Crippen molar-refractivity contribution < 1.29 is 0 Å². The van der Waals surface area contributed by atoms with Crippen molar-refractivity contribution in [2.75, 3.05) is 0 Å². The number of aliphatic imine (C=N–C) groups is 1. The molecule has 0 bridgehead atoms. The van der Waals surface area contributed by atoms with Crippen LogP contribution < -0.4 is 0 Å². The van der Waals surface area contributed by atoms with Crippen molar-refractivity contribution in [3.63, 3.8) is 0 Å². The van der Waals surface area contributed by atoms with E-state index in [0.29, 0.717) is 6.04 Å². The lowest BCUT2D eigenvalue weighted by Crippen LogP contribution is -2.15. The van der Waals surface area contributed by atoms with E-state index >= 15 is 0 Å². The Morgan fingerprint density at radius 3 is 2.36 bits per heavy atom. The molecule has 0 amide bonds. The van der Waals surface area contributed by atoms with Crippen molar-refractivity contribution in [2.24, 2.45) is 10.9 Å². The van der Waals surface area contributed by atoms with Gasteiger partial charge in [0.2, 0.25) is 0 Å². The number of rotatable bonds is 3. The first-order valence-electron chi connectivity index (χ1n) is 5.91. The summed E-state index contributed by atoms with van der Waals surface area (Å²) in [5.41, 5.74) is 1.08. The molecular weight excluding hydrogens is 170 g/mol. The number of hydrogen-bond acceptors (Lipinski definition) is 1. The van der Waals surface area contributed by atoms with Crippen molar-refractivity contribution in [1.82, 2.24) is 0 Å². The molecule has 1 saturated carbocycles. The Morgan fingerprint density at radius 2 is 1.86 bits per heavy atom. The maximum atomic E-state index is 4.66.